The van der Waals surface area contributed by atoms with Crippen LogP contribution in [-0.4, -0.2) is 24.1 Å². The van der Waals surface area contributed by atoms with Crippen molar-refractivity contribution in [1.82, 2.24) is 0 Å². The number of halogens is 7. The number of hydrogen-bond acceptors (Lipinski definition) is 5. The second-order valence-electron chi connectivity index (χ2n) is 5.66. The Morgan fingerprint density at radius 1 is 1.04 bits per heavy atom. The minimum absolute atomic E-state index is 0.291. The highest BCUT2D eigenvalue weighted by molar-refractivity contribution is 9.10. The van der Waals surface area contributed by atoms with E-state index in [2.05, 4.69) is 20.7 Å². The highest BCUT2D eigenvalue weighted by Gasteiger charge is 2.42. The summed E-state index contributed by atoms with van der Waals surface area (Å²) < 4.78 is 88.9. The van der Waals surface area contributed by atoms with Crippen molar-refractivity contribution >= 4 is 33.9 Å². The van der Waals surface area contributed by atoms with Crippen molar-refractivity contribution < 1.29 is 50.1 Å². The van der Waals surface area contributed by atoms with Gasteiger partial charge in [-0.3, -0.25) is 0 Å². The predicted octanol–water partition coefficient (Wildman–Crippen LogP) is 4.59. The van der Waals surface area contributed by atoms with Crippen molar-refractivity contribution in [3.63, 3.8) is 0 Å². The molecule has 0 aromatic heterocycles. The molecule has 1 fully saturated rings. The molecule has 0 radical (unpaired) electrons. The van der Waals surface area contributed by atoms with Crippen molar-refractivity contribution in [2.45, 2.75) is 32.2 Å². The maximum absolute atomic E-state index is 13.1. The summed E-state index contributed by atoms with van der Waals surface area (Å²) in [6.07, 6.45) is -9.88. The van der Waals surface area contributed by atoms with Crippen LogP contribution in [0.2, 0.25) is 0 Å². The van der Waals surface area contributed by atoms with Gasteiger partial charge in [0.15, 0.2) is 5.75 Å². The Morgan fingerprint density at radius 3 is 2.00 bits per heavy atom. The fourth-order valence-corrected chi connectivity index (χ4v) is 2.63. The van der Waals surface area contributed by atoms with Crippen molar-refractivity contribution in [2.75, 3.05) is 0 Å². The molecule has 1 aliphatic heterocycles. The van der Waals surface area contributed by atoms with Crippen molar-refractivity contribution in [3.8, 4) is 5.75 Å². The Labute approximate surface area is 156 Å². The van der Waals surface area contributed by atoms with Gasteiger partial charge >= 0.3 is 24.5 Å². The number of carbonyl (C=O) groups excluding carboxylic acids is 2. The van der Waals surface area contributed by atoms with Crippen molar-refractivity contribution in [3.05, 3.63) is 33.3 Å². The minimum atomic E-state index is -5.37. The molecule has 0 saturated carbocycles. The molecule has 1 heterocycles. The van der Waals surface area contributed by atoms with E-state index in [1.54, 1.807) is 0 Å². The summed E-state index contributed by atoms with van der Waals surface area (Å²) in [6.45, 7) is 2.53. The fourth-order valence-electron chi connectivity index (χ4n) is 2.07. The van der Waals surface area contributed by atoms with Crippen LogP contribution >= 0.6 is 15.9 Å². The quantitative estimate of drug-likeness (QED) is 0.278. The minimum Gasteiger partial charge on any atom is -0.419 e. The average Bonchev–Trinajstić information content (AvgIpc) is 2.41. The third kappa shape index (κ3) is 5.15. The molecule has 1 saturated heterocycles. The molecule has 0 N–H and O–H groups in total. The zero-order valence-electron chi connectivity index (χ0n) is 13.4. The lowest BCUT2D eigenvalue weighted by molar-refractivity contribution is -0.276. The van der Waals surface area contributed by atoms with Crippen LogP contribution in [0.25, 0.3) is 6.08 Å². The van der Waals surface area contributed by atoms with Crippen LogP contribution in [0.4, 0.5) is 26.3 Å². The largest absolute Gasteiger partial charge is 0.573 e. The molecule has 1 aromatic carbocycles. The van der Waals surface area contributed by atoms with Crippen molar-refractivity contribution in [1.29, 1.82) is 0 Å². The molecule has 0 amide bonds. The molecule has 148 valence electrons. The van der Waals surface area contributed by atoms with Gasteiger partial charge in [0.25, 0.3) is 5.79 Å². The summed E-state index contributed by atoms with van der Waals surface area (Å²) >= 11 is 2.57. The molecule has 1 aromatic rings. The molecule has 27 heavy (non-hydrogen) atoms. The Kier molecular flexibility index (Phi) is 5.25. The van der Waals surface area contributed by atoms with E-state index >= 15 is 0 Å². The van der Waals surface area contributed by atoms with Crippen LogP contribution in [-0.2, 0) is 25.2 Å². The van der Waals surface area contributed by atoms with Gasteiger partial charge in [0.2, 0.25) is 0 Å². The molecule has 5 nitrogen and oxygen atoms in total. The second-order valence-corrected chi connectivity index (χ2v) is 6.52. The summed E-state index contributed by atoms with van der Waals surface area (Å²) in [7, 11) is 0. The van der Waals surface area contributed by atoms with E-state index in [0.717, 1.165) is 6.07 Å². The Balaban J connectivity index is 2.55. The molecule has 0 bridgehead atoms. The Morgan fingerprint density at radius 2 is 1.56 bits per heavy atom. The normalized spacial score (nSPS) is 17.3. The predicted molar refractivity (Wildman–Crippen MR) is 80.1 cm³/mol. The molecular weight excluding hydrogens is 454 g/mol. The van der Waals surface area contributed by atoms with E-state index in [1.165, 1.54) is 13.8 Å². The molecule has 0 unspecified atom stereocenters. The van der Waals surface area contributed by atoms with E-state index in [1.807, 2.05) is 0 Å². The van der Waals surface area contributed by atoms with Gasteiger partial charge in [0.1, 0.15) is 5.57 Å². The highest BCUT2D eigenvalue weighted by Crippen LogP contribution is 2.43. The summed E-state index contributed by atoms with van der Waals surface area (Å²) in [5, 5.41) is 0. The van der Waals surface area contributed by atoms with Gasteiger partial charge in [-0.1, -0.05) is 0 Å². The van der Waals surface area contributed by atoms with Crippen LogP contribution < -0.4 is 4.74 Å². The lowest BCUT2D eigenvalue weighted by atomic mass is 10.1. The van der Waals surface area contributed by atoms with E-state index in [0.29, 0.717) is 12.1 Å². The first-order valence-electron chi connectivity index (χ1n) is 6.94. The number of hydrogen-bond donors (Lipinski definition) is 0. The van der Waals surface area contributed by atoms with Gasteiger partial charge in [0, 0.05) is 13.8 Å². The summed E-state index contributed by atoms with van der Waals surface area (Å²) in [6, 6.07) is 1.10. The number of benzene rings is 1. The number of ether oxygens (including phenoxy) is 3. The van der Waals surface area contributed by atoms with Gasteiger partial charge in [-0.05, 0) is 39.7 Å². The number of alkyl halides is 6. The topological polar surface area (TPSA) is 61.8 Å². The summed E-state index contributed by atoms with van der Waals surface area (Å²) in [5.41, 5.74) is -2.90. The van der Waals surface area contributed by atoms with Gasteiger partial charge in [-0.25, -0.2) is 9.59 Å². The van der Waals surface area contributed by atoms with Gasteiger partial charge in [0.05, 0.1) is 10.0 Å². The standard InChI is InChI=1S/C15H9BrF6O5/c1-13(2)26-11(23)7(12(24)27-13)3-6-4-8(14(17,18)19)10(9(16)5-6)25-15(20,21)22/h3-5H,1-2H3. The van der Waals surface area contributed by atoms with Crippen LogP contribution in [0.3, 0.4) is 0 Å². The molecule has 0 aliphatic carbocycles. The number of cyclic esters (lactones) is 2. The van der Waals surface area contributed by atoms with Gasteiger partial charge in [-0.2, -0.15) is 13.2 Å². The van der Waals surface area contributed by atoms with Gasteiger partial charge < -0.3 is 14.2 Å². The number of rotatable bonds is 2. The van der Waals surface area contributed by atoms with Gasteiger partial charge in [-0.15, -0.1) is 13.2 Å². The molecule has 1 aliphatic rings. The maximum atomic E-state index is 13.1. The number of carbonyl (C=O) groups is 2. The van der Waals surface area contributed by atoms with E-state index in [-0.39, 0.29) is 0 Å². The SMILES string of the molecule is CC1(C)OC(=O)C(=Cc2cc(Br)c(OC(F)(F)F)c(C(F)(F)F)c2)C(=O)O1. The molecule has 0 spiro atoms. The summed E-state index contributed by atoms with van der Waals surface area (Å²) in [5.74, 6) is -5.38. The molecule has 2 rings (SSSR count). The Hall–Kier alpha value is -2.24. The van der Waals surface area contributed by atoms with Crippen LogP contribution in [0.15, 0.2) is 22.2 Å². The Bertz CT molecular complexity index is 803. The van der Waals surface area contributed by atoms with E-state index < -0.39 is 57.2 Å². The fraction of sp³-hybridized carbons (Fsp3) is 0.333. The first kappa shape index (κ1) is 21.1. The molecule has 0 atom stereocenters. The van der Waals surface area contributed by atoms with Crippen LogP contribution in [0.1, 0.15) is 25.0 Å². The lowest BCUT2D eigenvalue weighted by Gasteiger charge is -2.29. The monoisotopic (exact) mass is 462 g/mol. The zero-order valence-corrected chi connectivity index (χ0v) is 15.0. The third-order valence-electron chi connectivity index (χ3n) is 3.02. The van der Waals surface area contributed by atoms with Crippen LogP contribution in [0, 0.1) is 0 Å². The molecule has 12 heteroatoms. The first-order chi connectivity index (χ1) is 12.1. The van der Waals surface area contributed by atoms with E-state index in [4.69, 9.17) is 9.47 Å². The first-order valence-corrected chi connectivity index (χ1v) is 7.73. The average molecular weight is 463 g/mol. The third-order valence-corrected chi connectivity index (χ3v) is 3.61. The second kappa shape index (κ2) is 6.73. The molecular formula is C15H9BrF6O5. The lowest BCUT2D eigenvalue weighted by Crippen LogP contribution is -2.41. The highest BCUT2D eigenvalue weighted by atomic mass is 79.9. The van der Waals surface area contributed by atoms with Crippen molar-refractivity contribution in [2.24, 2.45) is 0 Å². The zero-order chi connectivity index (χ0) is 20.8. The van der Waals surface area contributed by atoms with E-state index in [9.17, 15) is 35.9 Å². The summed E-state index contributed by atoms with van der Waals surface area (Å²) in [4.78, 5) is 23.7. The number of esters is 2. The smallest absolute Gasteiger partial charge is 0.419 e. The van der Waals surface area contributed by atoms with Crippen LogP contribution in [0.5, 0.6) is 5.75 Å². The maximum Gasteiger partial charge on any atom is 0.573 e.